The Labute approximate surface area is 58.7 Å². The molecule has 1 rings (SSSR count). The van der Waals surface area contributed by atoms with Crippen LogP contribution >= 0.6 is 0 Å². The Hall–Kier alpha value is -1.62. The van der Waals surface area contributed by atoms with E-state index in [1.165, 1.54) is 6.07 Å². The lowest BCUT2D eigenvalue weighted by Crippen LogP contribution is -1.80. The SMILES string of the molecule is N#Cc1cccc([C]=O)c1. The molecule has 0 fully saturated rings. The van der Waals surface area contributed by atoms with Gasteiger partial charge in [-0.05, 0) is 12.1 Å². The molecule has 47 valence electrons. The molecule has 0 atom stereocenters. The molecule has 2 nitrogen and oxygen atoms in total. The van der Waals surface area contributed by atoms with Crippen molar-refractivity contribution in [2.24, 2.45) is 0 Å². The van der Waals surface area contributed by atoms with Crippen molar-refractivity contribution < 1.29 is 4.79 Å². The van der Waals surface area contributed by atoms with E-state index in [-0.39, 0.29) is 0 Å². The highest BCUT2D eigenvalue weighted by molar-refractivity contribution is 5.75. The van der Waals surface area contributed by atoms with E-state index in [9.17, 15) is 4.79 Å². The fourth-order valence-corrected chi connectivity index (χ4v) is 0.652. The van der Waals surface area contributed by atoms with Crippen LogP contribution in [0.1, 0.15) is 11.1 Å². The van der Waals surface area contributed by atoms with E-state index in [0.717, 1.165) is 0 Å². The van der Waals surface area contributed by atoms with Crippen LogP contribution in [0.15, 0.2) is 24.3 Å². The zero-order chi connectivity index (χ0) is 7.40. The van der Waals surface area contributed by atoms with Gasteiger partial charge in [0.2, 0.25) is 6.29 Å². The number of carbonyl (C=O) groups excluding carboxylic acids is 1. The molecule has 0 bridgehead atoms. The Balaban J connectivity index is 3.13. The van der Waals surface area contributed by atoms with Crippen LogP contribution in [0.25, 0.3) is 0 Å². The summed E-state index contributed by atoms with van der Waals surface area (Å²) in [6.45, 7) is 0. The van der Waals surface area contributed by atoms with Crippen LogP contribution in [-0.4, -0.2) is 6.29 Å². The van der Waals surface area contributed by atoms with Crippen molar-refractivity contribution in [1.82, 2.24) is 0 Å². The first-order valence-electron chi connectivity index (χ1n) is 2.75. The topological polar surface area (TPSA) is 40.9 Å². The number of benzene rings is 1. The molecule has 0 spiro atoms. The van der Waals surface area contributed by atoms with E-state index in [2.05, 4.69) is 0 Å². The van der Waals surface area contributed by atoms with Gasteiger partial charge in [-0.3, -0.25) is 4.79 Å². The molecule has 0 aliphatic rings. The van der Waals surface area contributed by atoms with Crippen LogP contribution in [0, 0.1) is 11.3 Å². The Morgan fingerprint density at radius 2 is 2.00 bits per heavy atom. The van der Waals surface area contributed by atoms with Crippen LogP contribution in [-0.2, 0) is 4.79 Å². The molecule has 0 aliphatic heterocycles. The van der Waals surface area contributed by atoms with E-state index in [1.807, 2.05) is 6.07 Å². The van der Waals surface area contributed by atoms with Crippen molar-refractivity contribution in [2.45, 2.75) is 0 Å². The molecule has 0 N–H and O–H groups in total. The molecule has 0 unspecified atom stereocenters. The average Bonchev–Trinajstić information content (AvgIpc) is 2.05. The van der Waals surface area contributed by atoms with Gasteiger partial charge in [0.05, 0.1) is 11.6 Å². The van der Waals surface area contributed by atoms with E-state index in [4.69, 9.17) is 5.26 Å². The second-order valence-electron chi connectivity index (χ2n) is 1.79. The summed E-state index contributed by atoms with van der Waals surface area (Å²) in [6.07, 6.45) is 1.70. The maximum absolute atomic E-state index is 10.0. The van der Waals surface area contributed by atoms with Crippen LogP contribution in [0.3, 0.4) is 0 Å². The molecule has 0 aromatic heterocycles. The van der Waals surface area contributed by atoms with Gasteiger partial charge in [-0.1, -0.05) is 12.1 Å². The third kappa shape index (κ3) is 1.20. The summed E-state index contributed by atoms with van der Waals surface area (Å²) >= 11 is 0. The number of hydrogen-bond donors (Lipinski definition) is 0. The molecule has 1 aromatic rings. The van der Waals surface area contributed by atoms with Crippen molar-refractivity contribution in [3.63, 3.8) is 0 Å². The molecule has 0 heterocycles. The smallest absolute Gasteiger partial charge is 0.233 e. The highest BCUT2D eigenvalue weighted by Gasteiger charge is 1.91. The van der Waals surface area contributed by atoms with E-state index < -0.39 is 0 Å². The number of rotatable bonds is 1. The standard InChI is InChI=1S/C8H4NO/c9-5-7-2-1-3-8(4-7)6-10/h1-4H. The van der Waals surface area contributed by atoms with E-state index in [1.54, 1.807) is 24.5 Å². The molecule has 1 aromatic carbocycles. The van der Waals surface area contributed by atoms with Crippen LogP contribution < -0.4 is 0 Å². The minimum absolute atomic E-state index is 0.416. The Kier molecular flexibility index (Phi) is 1.81. The first-order chi connectivity index (χ1) is 4.86. The van der Waals surface area contributed by atoms with Crippen molar-refractivity contribution in [2.75, 3.05) is 0 Å². The number of nitrogens with zero attached hydrogens (tertiary/aromatic N) is 1. The van der Waals surface area contributed by atoms with Gasteiger partial charge in [-0.25, -0.2) is 0 Å². The fraction of sp³-hybridized carbons (Fsp3) is 0. The molecule has 0 aliphatic carbocycles. The normalized spacial score (nSPS) is 8.30. The first kappa shape index (κ1) is 6.50. The lowest BCUT2D eigenvalue weighted by atomic mass is 10.2. The van der Waals surface area contributed by atoms with Gasteiger partial charge < -0.3 is 0 Å². The molecule has 0 amide bonds. The van der Waals surface area contributed by atoms with Crippen molar-refractivity contribution in [1.29, 1.82) is 5.26 Å². The largest absolute Gasteiger partial charge is 0.285 e. The summed E-state index contributed by atoms with van der Waals surface area (Å²) in [5, 5.41) is 8.38. The Morgan fingerprint density at radius 1 is 1.30 bits per heavy atom. The lowest BCUT2D eigenvalue weighted by molar-refractivity contribution is 0.563. The Bertz CT molecular complexity index is 286. The predicted octanol–water partition coefficient (Wildman–Crippen LogP) is 1.02. The summed E-state index contributed by atoms with van der Waals surface area (Å²) in [7, 11) is 0. The van der Waals surface area contributed by atoms with Gasteiger partial charge >= 0.3 is 0 Å². The zero-order valence-electron chi connectivity index (χ0n) is 5.16. The minimum atomic E-state index is 0.416. The predicted molar refractivity (Wildman–Crippen MR) is 36.0 cm³/mol. The van der Waals surface area contributed by atoms with Crippen molar-refractivity contribution >= 4 is 6.29 Å². The average molecular weight is 130 g/mol. The minimum Gasteiger partial charge on any atom is -0.285 e. The molecule has 0 saturated heterocycles. The second-order valence-corrected chi connectivity index (χ2v) is 1.79. The summed E-state index contributed by atoms with van der Waals surface area (Å²) < 4.78 is 0. The summed E-state index contributed by atoms with van der Waals surface area (Å²) in [5.74, 6) is 0. The first-order valence-corrected chi connectivity index (χ1v) is 2.75. The van der Waals surface area contributed by atoms with E-state index in [0.29, 0.717) is 11.1 Å². The fourth-order valence-electron chi connectivity index (χ4n) is 0.652. The highest BCUT2D eigenvalue weighted by atomic mass is 16.1. The van der Waals surface area contributed by atoms with Gasteiger partial charge in [-0.2, -0.15) is 5.26 Å². The van der Waals surface area contributed by atoms with E-state index >= 15 is 0 Å². The molecular formula is C8H4NO. The van der Waals surface area contributed by atoms with Crippen LogP contribution in [0.5, 0.6) is 0 Å². The third-order valence-electron chi connectivity index (χ3n) is 1.11. The van der Waals surface area contributed by atoms with Gasteiger partial charge in [-0.15, -0.1) is 0 Å². The summed E-state index contributed by atoms with van der Waals surface area (Å²) in [5.41, 5.74) is 0.903. The lowest BCUT2D eigenvalue weighted by Gasteiger charge is -1.87. The van der Waals surface area contributed by atoms with Crippen LogP contribution in [0.2, 0.25) is 0 Å². The highest BCUT2D eigenvalue weighted by Crippen LogP contribution is 1.99. The number of nitriles is 1. The molecule has 10 heavy (non-hydrogen) atoms. The number of hydrogen-bond acceptors (Lipinski definition) is 2. The quantitative estimate of drug-likeness (QED) is 0.569. The monoisotopic (exact) mass is 130 g/mol. The molecule has 1 radical (unpaired) electrons. The van der Waals surface area contributed by atoms with Gasteiger partial charge in [0.15, 0.2) is 0 Å². The van der Waals surface area contributed by atoms with Gasteiger partial charge in [0.25, 0.3) is 0 Å². The summed E-state index contributed by atoms with van der Waals surface area (Å²) in [6, 6.07) is 8.31. The van der Waals surface area contributed by atoms with Gasteiger partial charge in [0.1, 0.15) is 0 Å². The molecular weight excluding hydrogens is 126 g/mol. The maximum atomic E-state index is 10.0. The van der Waals surface area contributed by atoms with Crippen LogP contribution in [0.4, 0.5) is 0 Å². The molecule has 0 saturated carbocycles. The Morgan fingerprint density at radius 3 is 2.60 bits per heavy atom. The maximum Gasteiger partial charge on any atom is 0.233 e. The second kappa shape index (κ2) is 2.79. The van der Waals surface area contributed by atoms with Crippen molar-refractivity contribution in [3.8, 4) is 6.07 Å². The van der Waals surface area contributed by atoms with Gasteiger partial charge in [0, 0.05) is 5.56 Å². The summed E-state index contributed by atoms with van der Waals surface area (Å²) in [4.78, 5) is 10.0. The zero-order valence-corrected chi connectivity index (χ0v) is 5.16. The molecule has 2 heteroatoms. The van der Waals surface area contributed by atoms with Crippen molar-refractivity contribution in [3.05, 3.63) is 35.4 Å². The third-order valence-corrected chi connectivity index (χ3v) is 1.11.